The van der Waals surface area contributed by atoms with Gasteiger partial charge >= 0.3 is 18.9 Å². The molecule has 0 heterocycles. The Morgan fingerprint density at radius 2 is 0.600 bits per heavy atom. The van der Waals surface area contributed by atoms with Crippen molar-refractivity contribution in [3.8, 4) is 0 Å². The van der Waals surface area contributed by atoms with Gasteiger partial charge in [0.05, 0.1) is 0 Å². The summed E-state index contributed by atoms with van der Waals surface area (Å²) in [6.45, 7) is 0. The van der Waals surface area contributed by atoms with Crippen LogP contribution in [0, 0.1) is 0 Å². The van der Waals surface area contributed by atoms with Crippen LogP contribution >= 0.6 is 0 Å². The zero-order valence-electron chi connectivity index (χ0n) is 1.76. The van der Waals surface area contributed by atoms with Crippen LogP contribution in [0.2, 0.25) is 0 Å². The molecule has 0 saturated carbocycles. The van der Waals surface area contributed by atoms with Crippen LogP contribution in [0.3, 0.4) is 0 Å². The van der Waals surface area contributed by atoms with E-state index >= 15 is 0 Å². The van der Waals surface area contributed by atoms with Gasteiger partial charge in [-0.25, -0.2) is 0 Å². The summed E-state index contributed by atoms with van der Waals surface area (Å²) in [5.74, 6) is 0. The summed E-state index contributed by atoms with van der Waals surface area (Å²) in [6, 6.07) is 0. The third-order valence-corrected chi connectivity index (χ3v) is 0. The van der Waals surface area contributed by atoms with Gasteiger partial charge in [0.15, 0.2) is 0 Å². The van der Waals surface area contributed by atoms with E-state index < -0.39 is 0 Å². The summed E-state index contributed by atoms with van der Waals surface area (Å²) in [4.78, 5) is 0. The minimum absolute atomic E-state index is 0. The third kappa shape index (κ3) is 29.0. The Bertz CT molecular complexity index is 7.61. The molecule has 0 aliphatic carbocycles. The maximum Gasteiger partial charge on any atom is 0 e. The average Bonchev–Trinajstić information content (AvgIpc) is 0. The van der Waals surface area contributed by atoms with Gasteiger partial charge in [0.1, 0.15) is 0 Å². The van der Waals surface area contributed by atoms with Crippen molar-refractivity contribution >= 4 is 18.9 Å². The SMILES string of the molecule is O.O.[LiH].[Mn].[Mn]. The Morgan fingerprint density at radius 3 is 0.600 bits per heavy atom. The van der Waals surface area contributed by atoms with E-state index in [-0.39, 0.29) is 64.0 Å². The predicted octanol–water partition coefficient (Wildman–Crippen LogP) is -2.30. The monoisotopic (exact) mass is 154 g/mol. The molecular weight excluding hydrogens is 149 g/mol. The molecule has 0 aromatic heterocycles. The number of rotatable bonds is 0. The van der Waals surface area contributed by atoms with E-state index in [9.17, 15) is 0 Å². The maximum absolute atomic E-state index is 0. The molecule has 0 aromatic carbocycles. The van der Waals surface area contributed by atoms with Crippen molar-refractivity contribution in [3.05, 3.63) is 0 Å². The summed E-state index contributed by atoms with van der Waals surface area (Å²) >= 11 is 0. The van der Waals surface area contributed by atoms with Gasteiger partial charge in [0, 0.05) is 34.1 Å². The fourth-order valence-corrected chi connectivity index (χ4v) is 0. The predicted molar refractivity (Wildman–Crippen MR) is 14.4 cm³/mol. The number of hydrogen-bond acceptors (Lipinski definition) is 0. The second-order valence-corrected chi connectivity index (χ2v) is 0. The molecule has 0 fully saturated rings. The fraction of sp³-hybridized carbons (Fsp3) is 0. The van der Waals surface area contributed by atoms with Crippen molar-refractivity contribution in [2.75, 3.05) is 0 Å². The van der Waals surface area contributed by atoms with Crippen molar-refractivity contribution in [1.82, 2.24) is 0 Å². The molecule has 0 spiro atoms. The maximum atomic E-state index is 0. The molecule has 0 atom stereocenters. The molecule has 0 saturated heterocycles. The van der Waals surface area contributed by atoms with Gasteiger partial charge in [-0.15, -0.1) is 0 Å². The van der Waals surface area contributed by atoms with Crippen molar-refractivity contribution in [3.63, 3.8) is 0 Å². The molecule has 32 valence electrons. The molecule has 0 amide bonds. The first-order valence-corrected chi connectivity index (χ1v) is 0. The van der Waals surface area contributed by atoms with E-state index in [1.807, 2.05) is 0 Å². The van der Waals surface area contributed by atoms with Crippen LogP contribution in [0.4, 0.5) is 0 Å². The second-order valence-electron chi connectivity index (χ2n) is 0. The summed E-state index contributed by atoms with van der Waals surface area (Å²) in [5.41, 5.74) is 0. The van der Waals surface area contributed by atoms with Gasteiger partial charge in [-0.05, 0) is 0 Å². The molecule has 2 radical (unpaired) electrons. The van der Waals surface area contributed by atoms with Crippen molar-refractivity contribution in [2.24, 2.45) is 0 Å². The van der Waals surface area contributed by atoms with Crippen LogP contribution in [0.5, 0.6) is 0 Å². The smallest absolute Gasteiger partial charge is 0 e. The van der Waals surface area contributed by atoms with Crippen molar-refractivity contribution in [1.29, 1.82) is 0 Å². The van der Waals surface area contributed by atoms with E-state index in [1.165, 1.54) is 0 Å². The van der Waals surface area contributed by atoms with E-state index in [0.29, 0.717) is 0 Å². The second kappa shape index (κ2) is 47.6. The third-order valence-electron chi connectivity index (χ3n) is 0. The Morgan fingerprint density at radius 1 is 0.600 bits per heavy atom. The Labute approximate surface area is 63.8 Å². The Balaban J connectivity index is 0. The van der Waals surface area contributed by atoms with Crippen LogP contribution in [-0.2, 0) is 34.1 Å². The van der Waals surface area contributed by atoms with Gasteiger partial charge in [0.25, 0.3) is 0 Å². The standard InChI is InChI=1S/Li.2Mn.2H2O.H/h;;;2*1H2;. The van der Waals surface area contributed by atoms with Crippen LogP contribution in [0.15, 0.2) is 0 Å². The largest absolute Gasteiger partial charge is 0 e. The molecule has 2 nitrogen and oxygen atoms in total. The van der Waals surface area contributed by atoms with Crippen molar-refractivity contribution in [2.45, 2.75) is 0 Å². The molecule has 0 aliphatic rings. The van der Waals surface area contributed by atoms with Gasteiger partial charge in [-0.2, -0.15) is 0 Å². The zero-order valence-corrected chi connectivity index (χ0v) is 4.12. The number of hydrogen-bond donors (Lipinski definition) is 0. The molecule has 4 N–H and O–H groups in total. The van der Waals surface area contributed by atoms with E-state index in [4.69, 9.17) is 0 Å². The minimum atomic E-state index is 0. The molecular formula is H5LiMn2O2. The van der Waals surface area contributed by atoms with Gasteiger partial charge in [-0.3, -0.25) is 0 Å². The van der Waals surface area contributed by atoms with Crippen LogP contribution in [0.25, 0.3) is 0 Å². The van der Waals surface area contributed by atoms with Crippen LogP contribution < -0.4 is 0 Å². The summed E-state index contributed by atoms with van der Waals surface area (Å²) in [7, 11) is 0. The quantitative estimate of drug-likeness (QED) is 0.352. The summed E-state index contributed by atoms with van der Waals surface area (Å²) in [6.07, 6.45) is 0. The first-order chi connectivity index (χ1) is 0. The Kier molecular flexibility index (Phi) is 796. The van der Waals surface area contributed by atoms with Crippen LogP contribution in [0.1, 0.15) is 0 Å². The topological polar surface area (TPSA) is 63.0 Å². The first-order valence-electron chi connectivity index (χ1n) is 0. The molecule has 0 aliphatic heterocycles. The van der Waals surface area contributed by atoms with Gasteiger partial charge in [0.2, 0.25) is 0 Å². The van der Waals surface area contributed by atoms with Gasteiger partial charge < -0.3 is 11.0 Å². The zero-order chi connectivity index (χ0) is 0. The molecule has 5 heteroatoms. The van der Waals surface area contributed by atoms with Crippen molar-refractivity contribution < 1.29 is 45.1 Å². The molecule has 0 unspecified atom stereocenters. The minimum Gasteiger partial charge on any atom is 0 e. The molecule has 0 aromatic rings. The molecule has 0 bridgehead atoms. The van der Waals surface area contributed by atoms with Gasteiger partial charge in [-0.1, -0.05) is 0 Å². The molecule has 0 rings (SSSR count). The summed E-state index contributed by atoms with van der Waals surface area (Å²) < 4.78 is 0. The fourth-order valence-electron chi connectivity index (χ4n) is 0. The Hall–Kier alpha value is 1.56. The average molecular weight is 154 g/mol. The van der Waals surface area contributed by atoms with Crippen LogP contribution in [-0.4, -0.2) is 29.8 Å². The van der Waals surface area contributed by atoms with E-state index in [0.717, 1.165) is 0 Å². The molecule has 5 heavy (non-hydrogen) atoms. The summed E-state index contributed by atoms with van der Waals surface area (Å²) in [5, 5.41) is 0. The normalized spacial score (nSPS) is 0. The first kappa shape index (κ1) is 83.6. The van der Waals surface area contributed by atoms with E-state index in [2.05, 4.69) is 0 Å². The van der Waals surface area contributed by atoms with E-state index in [1.54, 1.807) is 0 Å².